The van der Waals surface area contributed by atoms with Crippen molar-refractivity contribution in [3.63, 3.8) is 0 Å². The third kappa shape index (κ3) is 1.57. The predicted octanol–water partition coefficient (Wildman–Crippen LogP) is 1.94. The van der Waals surface area contributed by atoms with Gasteiger partial charge in [-0.3, -0.25) is 9.78 Å². The van der Waals surface area contributed by atoms with Crippen LogP contribution in [0.4, 0.5) is 0 Å². The summed E-state index contributed by atoms with van der Waals surface area (Å²) >= 11 is 5.62. The minimum absolute atomic E-state index is 0.341. The van der Waals surface area contributed by atoms with Gasteiger partial charge in [0.15, 0.2) is 6.29 Å². The fraction of sp³-hybridized carbons (Fsp3) is 0.250. The molecule has 0 bridgehead atoms. The number of carbonyl (C=O) groups is 1. The molecule has 0 fully saturated rings. The van der Waals surface area contributed by atoms with Crippen molar-refractivity contribution in [1.29, 1.82) is 0 Å². The van der Waals surface area contributed by atoms with Crippen LogP contribution in [-0.4, -0.2) is 11.3 Å². The smallest absolute Gasteiger partial charge is 0.168 e. The molecule has 0 saturated heterocycles. The van der Waals surface area contributed by atoms with E-state index in [4.69, 9.17) is 11.6 Å². The second-order valence-electron chi connectivity index (χ2n) is 2.24. The first-order valence-corrected chi connectivity index (χ1v) is 3.78. The molecule has 1 heterocycles. The zero-order chi connectivity index (χ0) is 8.27. The molecule has 0 saturated carbocycles. The van der Waals surface area contributed by atoms with E-state index < -0.39 is 0 Å². The standard InChI is InChI=1S/C8H8ClNO/c1-6-2-3-10-8(5-11)7(6)4-9/h2-3,5H,4H2,1H3. The van der Waals surface area contributed by atoms with Gasteiger partial charge in [-0.05, 0) is 24.1 Å². The van der Waals surface area contributed by atoms with Gasteiger partial charge < -0.3 is 0 Å². The maximum absolute atomic E-state index is 10.4. The minimum atomic E-state index is 0.341. The summed E-state index contributed by atoms with van der Waals surface area (Å²) in [6.07, 6.45) is 2.33. The Kier molecular flexibility index (Phi) is 2.60. The van der Waals surface area contributed by atoms with Crippen LogP contribution in [0.25, 0.3) is 0 Å². The number of aldehydes is 1. The van der Waals surface area contributed by atoms with E-state index in [2.05, 4.69) is 4.98 Å². The molecule has 2 nitrogen and oxygen atoms in total. The minimum Gasteiger partial charge on any atom is -0.296 e. The number of carbonyl (C=O) groups excluding carboxylic acids is 1. The molecular weight excluding hydrogens is 162 g/mol. The first-order valence-electron chi connectivity index (χ1n) is 3.25. The van der Waals surface area contributed by atoms with Crippen LogP contribution in [0.15, 0.2) is 12.3 Å². The second-order valence-corrected chi connectivity index (χ2v) is 2.51. The molecule has 1 rings (SSSR count). The largest absolute Gasteiger partial charge is 0.296 e. The Morgan fingerprint density at radius 3 is 2.91 bits per heavy atom. The topological polar surface area (TPSA) is 30.0 Å². The van der Waals surface area contributed by atoms with Crippen molar-refractivity contribution in [2.24, 2.45) is 0 Å². The van der Waals surface area contributed by atoms with Gasteiger partial charge >= 0.3 is 0 Å². The SMILES string of the molecule is Cc1ccnc(C=O)c1CCl. The zero-order valence-electron chi connectivity index (χ0n) is 6.17. The Balaban J connectivity index is 3.23. The molecule has 0 aromatic carbocycles. The van der Waals surface area contributed by atoms with Gasteiger partial charge in [0.2, 0.25) is 0 Å². The average Bonchev–Trinajstić information content (AvgIpc) is 2.04. The van der Waals surface area contributed by atoms with E-state index in [1.54, 1.807) is 6.20 Å². The molecule has 1 aromatic rings. The molecular formula is C8H8ClNO. The summed E-state index contributed by atoms with van der Waals surface area (Å²) in [4.78, 5) is 14.3. The third-order valence-corrected chi connectivity index (χ3v) is 1.84. The fourth-order valence-corrected chi connectivity index (χ4v) is 1.23. The van der Waals surface area contributed by atoms with Crippen molar-refractivity contribution in [1.82, 2.24) is 4.98 Å². The Labute approximate surface area is 70.2 Å². The molecule has 3 heteroatoms. The summed E-state index contributed by atoms with van der Waals surface area (Å²) in [5.41, 5.74) is 2.28. The molecule has 0 unspecified atom stereocenters. The number of hydrogen-bond acceptors (Lipinski definition) is 2. The van der Waals surface area contributed by atoms with Gasteiger partial charge in [-0.1, -0.05) is 0 Å². The van der Waals surface area contributed by atoms with E-state index in [9.17, 15) is 4.79 Å². The molecule has 11 heavy (non-hydrogen) atoms. The third-order valence-electron chi connectivity index (χ3n) is 1.57. The van der Waals surface area contributed by atoms with Gasteiger partial charge in [0, 0.05) is 12.1 Å². The van der Waals surface area contributed by atoms with Crippen molar-refractivity contribution in [2.45, 2.75) is 12.8 Å². The Bertz CT molecular complexity index is 273. The molecule has 0 aliphatic rings. The average molecular weight is 170 g/mol. The molecule has 1 aromatic heterocycles. The summed E-state index contributed by atoms with van der Waals surface area (Å²) < 4.78 is 0. The Morgan fingerprint density at radius 2 is 2.45 bits per heavy atom. The Morgan fingerprint density at radius 1 is 1.73 bits per heavy atom. The number of rotatable bonds is 2. The Hall–Kier alpha value is -0.890. The number of hydrogen-bond donors (Lipinski definition) is 0. The normalized spacial score (nSPS) is 9.64. The lowest BCUT2D eigenvalue weighted by molar-refractivity contribution is 0.111. The fourth-order valence-electron chi connectivity index (χ4n) is 0.885. The molecule has 0 spiro atoms. The number of pyridine rings is 1. The highest BCUT2D eigenvalue weighted by atomic mass is 35.5. The van der Waals surface area contributed by atoms with Crippen LogP contribution >= 0.6 is 11.6 Å². The van der Waals surface area contributed by atoms with E-state index in [0.29, 0.717) is 11.6 Å². The van der Waals surface area contributed by atoms with Crippen molar-refractivity contribution in [3.05, 3.63) is 29.1 Å². The number of aromatic nitrogens is 1. The molecule has 0 atom stereocenters. The lowest BCUT2D eigenvalue weighted by atomic mass is 10.1. The zero-order valence-corrected chi connectivity index (χ0v) is 6.93. The number of alkyl halides is 1. The lowest BCUT2D eigenvalue weighted by Crippen LogP contribution is -1.96. The van der Waals surface area contributed by atoms with Crippen molar-refractivity contribution >= 4 is 17.9 Å². The first-order chi connectivity index (χ1) is 5.29. The summed E-state index contributed by atoms with van der Waals surface area (Å²) in [6.45, 7) is 1.91. The van der Waals surface area contributed by atoms with E-state index in [-0.39, 0.29) is 0 Å². The summed E-state index contributed by atoms with van der Waals surface area (Å²) in [5, 5.41) is 0. The monoisotopic (exact) mass is 169 g/mol. The van der Waals surface area contributed by atoms with Crippen LogP contribution in [0.5, 0.6) is 0 Å². The van der Waals surface area contributed by atoms with Crippen LogP contribution in [0.2, 0.25) is 0 Å². The number of halogens is 1. The van der Waals surface area contributed by atoms with Crippen LogP contribution in [0, 0.1) is 6.92 Å². The highest BCUT2D eigenvalue weighted by Gasteiger charge is 2.03. The number of nitrogens with zero attached hydrogens (tertiary/aromatic N) is 1. The molecule has 0 aliphatic carbocycles. The van der Waals surface area contributed by atoms with Gasteiger partial charge in [-0.25, -0.2) is 0 Å². The quantitative estimate of drug-likeness (QED) is 0.500. The van der Waals surface area contributed by atoms with Gasteiger partial charge in [-0.2, -0.15) is 0 Å². The van der Waals surface area contributed by atoms with Gasteiger partial charge in [0.25, 0.3) is 0 Å². The van der Waals surface area contributed by atoms with E-state index in [1.807, 2.05) is 13.0 Å². The second kappa shape index (κ2) is 3.49. The van der Waals surface area contributed by atoms with Crippen molar-refractivity contribution in [2.75, 3.05) is 0 Å². The lowest BCUT2D eigenvalue weighted by Gasteiger charge is -2.01. The highest BCUT2D eigenvalue weighted by molar-refractivity contribution is 6.17. The summed E-state index contributed by atoms with van der Waals surface area (Å²) in [5.74, 6) is 0.341. The summed E-state index contributed by atoms with van der Waals surface area (Å²) in [6, 6.07) is 1.84. The molecule has 0 aliphatic heterocycles. The van der Waals surface area contributed by atoms with Gasteiger partial charge in [0.1, 0.15) is 5.69 Å². The van der Waals surface area contributed by atoms with Crippen LogP contribution in [0.3, 0.4) is 0 Å². The molecule has 0 N–H and O–H groups in total. The van der Waals surface area contributed by atoms with Gasteiger partial charge in [-0.15, -0.1) is 11.6 Å². The van der Waals surface area contributed by atoms with E-state index in [0.717, 1.165) is 17.4 Å². The van der Waals surface area contributed by atoms with Gasteiger partial charge in [0.05, 0.1) is 0 Å². The van der Waals surface area contributed by atoms with E-state index >= 15 is 0 Å². The molecule has 0 radical (unpaired) electrons. The molecule has 58 valence electrons. The summed E-state index contributed by atoms with van der Waals surface area (Å²) in [7, 11) is 0. The van der Waals surface area contributed by atoms with Crippen LogP contribution in [-0.2, 0) is 5.88 Å². The molecule has 0 amide bonds. The van der Waals surface area contributed by atoms with Crippen LogP contribution < -0.4 is 0 Å². The maximum Gasteiger partial charge on any atom is 0.168 e. The van der Waals surface area contributed by atoms with E-state index in [1.165, 1.54) is 0 Å². The van der Waals surface area contributed by atoms with Crippen molar-refractivity contribution in [3.8, 4) is 0 Å². The maximum atomic E-state index is 10.4. The van der Waals surface area contributed by atoms with Crippen LogP contribution in [0.1, 0.15) is 21.6 Å². The number of aryl methyl sites for hydroxylation is 1. The predicted molar refractivity (Wildman–Crippen MR) is 43.9 cm³/mol. The first kappa shape index (κ1) is 8.21. The highest BCUT2D eigenvalue weighted by Crippen LogP contribution is 2.11. The van der Waals surface area contributed by atoms with Crippen molar-refractivity contribution < 1.29 is 4.79 Å².